The molecule has 0 aliphatic rings. The van der Waals surface area contributed by atoms with Gasteiger partial charge in [0.15, 0.2) is 0 Å². The molecule has 8 aromatic rings. The molecule has 0 amide bonds. The van der Waals surface area contributed by atoms with Crippen molar-refractivity contribution < 1.29 is 0 Å². The maximum atomic E-state index is 5.20. The van der Waals surface area contributed by atoms with Crippen molar-refractivity contribution in [3.8, 4) is 28.3 Å². The largest absolute Gasteiger partial charge is 0.278 e. The van der Waals surface area contributed by atoms with Gasteiger partial charge in [-0.25, -0.2) is 9.97 Å². The van der Waals surface area contributed by atoms with E-state index in [0.717, 1.165) is 33.2 Å². The number of fused-ring (bicyclic) bond motifs is 5. The Bertz CT molecular complexity index is 2080. The van der Waals surface area contributed by atoms with Crippen molar-refractivity contribution in [2.45, 2.75) is 0 Å². The van der Waals surface area contributed by atoms with Crippen molar-refractivity contribution in [2.24, 2.45) is 0 Å². The second kappa shape index (κ2) is 8.37. The third kappa shape index (κ3) is 3.21. The molecule has 0 atom stereocenters. The monoisotopic (exact) mass is 503 g/mol. The van der Waals surface area contributed by atoms with Crippen LogP contribution in [0.25, 0.3) is 71.8 Å². The summed E-state index contributed by atoms with van der Waals surface area (Å²) in [6.07, 6.45) is 0. The standard InChI is InChI=1S/C34H21N3S/c1-2-10-25-22(8-1)9-7-13-26(25)23-16-18-24(19-17-23)33-29-20-38-21-30(29)35-34(36-33)37-31-14-5-3-11-27(31)28-12-4-6-15-32(28)37/h1-21H. The zero-order valence-corrected chi connectivity index (χ0v) is 21.2. The Morgan fingerprint density at radius 1 is 0.500 bits per heavy atom. The van der Waals surface area contributed by atoms with E-state index in [1.54, 1.807) is 11.3 Å². The lowest BCUT2D eigenvalue weighted by molar-refractivity contribution is 1.01. The van der Waals surface area contributed by atoms with Gasteiger partial charge < -0.3 is 0 Å². The Hall–Kier alpha value is -4.80. The summed E-state index contributed by atoms with van der Waals surface area (Å²) in [5.41, 5.74) is 7.67. The summed E-state index contributed by atoms with van der Waals surface area (Å²) < 4.78 is 2.19. The Labute approximate surface area is 223 Å². The molecule has 0 aliphatic heterocycles. The van der Waals surface area contributed by atoms with E-state index in [9.17, 15) is 0 Å². The molecule has 0 unspecified atom stereocenters. The van der Waals surface area contributed by atoms with Crippen LogP contribution in [0.2, 0.25) is 0 Å². The van der Waals surface area contributed by atoms with Gasteiger partial charge in [0, 0.05) is 32.5 Å². The van der Waals surface area contributed by atoms with Crippen molar-refractivity contribution in [2.75, 3.05) is 0 Å². The quantitative estimate of drug-likeness (QED) is 0.240. The molecule has 3 nitrogen and oxygen atoms in total. The minimum absolute atomic E-state index is 0.696. The van der Waals surface area contributed by atoms with Gasteiger partial charge in [0.1, 0.15) is 0 Å². The van der Waals surface area contributed by atoms with Gasteiger partial charge in [-0.05, 0) is 34.0 Å². The predicted octanol–water partition coefficient (Wildman–Crippen LogP) is 9.28. The lowest BCUT2D eigenvalue weighted by atomic mass is 9.97. The smallest absolute Gasteiger partial charge is 0.235 e. The number of benzene rings is 5. The lowest BCUT2D eigenvalue weighted by Gasteiger charge is -2.11. The molecule has 0 spiro atoms. The fourth-order valence-corrected chi connectivity index (χ4v) is 6.33. The van der Waals surface area contributed by atoms with Gasteiger partial charge in [0.05, 0.1) is 22.2 Å². The molecule has 0 N–H and O–H groups in total. The number of hydrogen-bond donors (Lipinski definition) is 0. The minimum Gasteiger partial charge on any atom is -0.278 e. The van der Waals surface area contributed by atoms with Gasteiger partial charge in [0.2, 0.25) is 5.95 Å². The van der Waals surface area contributed by atoms with Crippen LogP contribution < -0.4 is 0 Å². The molecule has 5 aromatic carbocycles. The number of hydrogen-bond acceptors (Lipinski definition) is 3. The first kappa shape index (κ1) is 21.3. The van der Waals surface area contributed by atoms with E-state index in [0.29, 0.717) is 5.95 Å². The van der Waals surface area contributed by atoms with Gasteiger partial charge in [-0.2, -0.15) is 0 Å². The molecule has 0 bridgehead atoms. The van der Waals surface area contributed by atoms with Crippen molar-refractivity contribution in [1.82, 2.24) is 14.5 Å². The van der Waals surface area contributed by atoms with Crippen LogP contribution in [0, 0.1) is 0 Å². The fourth-order valence-electron chi connectivity index (χ4n) is 5.59. The van der Waals surface area contributed by atoms with Crippen molar-refractivity contribution in [1.29, 1.82) is 0 Å². The van der Waals surface area contributed by atoms with E-state index in [1.807, 2.05) is 0 Å². The van der Waals surface area contributed by atoms with E-state index in [4.69, 9.17) is 9.97 Å². The Balaban J connectivity index is 1.32. The number of thiophene rings is 1. The van der Waals surface area contributed by atoms with E-state index in [2.05, 4.69) is 131 Å². The van der Waals surface area contributed by atoms with Gasteiger partial charge in [-0.15, -0.1) is 11.3 Å². The minimum atomic E-state index is 0.696. The highest BCUT2D eigenvalue weighted by Crippen LogP contribution is 2.35. The Morgan fingerprint density at radius 2 is 1.13 bits per heavy atom. The van der Waals surface area contributed by atoms with Crippen LogP contribution in [0.4, 0.5) is 0 Å². The third-order valence-corrected chi connectivity index (χ3v) is 8.10. The van der Waals surface area contributed by atoms with Gasteiger partial charge in [0.25, 0.3) is 0 Å². The van der Waals surface area contributed by atoms with E-state index < -0.39 is 0 Å². The van der Waals surface area contributed by atoms with Crippen LogP contribution in [-0.2, 0) is 0 Å². The molecule has 3 aromatic heterocycles. The van der Waals surface area contributed by atoms with Crippen LogP contribution in [0.3, 0.4) is 0 Å². The molecular weight excluding hydrogens is 482 g/mol. The molecule has 0 radical (unpaired) electrons. The molecule has 0 saturated heterocycles. The zero-order valence-electron chi connectivity index (χ0n) is 20.4. The Morgan fingerprint density at radius 3 is 1.89 bits per heavy atom. The highest BCUT2D eigenvalue weighted by atomic mass is 32.1. The highest BCUT2D eigenvalue weighted by molar-refractivity contribution is 7.09. The summed E-state index contributed by atoms with van der Waals surface area (Å²) in [6, 6.07) is 40.8. The lowest BCUT2D eigenvalue weighted by Crippen LogP contribution is -2.02. The van der Waals surface area contributed by atoms with Crippen LogP contribution in [0.5, 0.6) is 0 Å². The summed E-state index contributed by atoms with van der Waals surface area (Å²) in [7, 11) is 0. The molecule has 0 fully saturated rings. The Kier molecular flexibility index (Phi) is 4.69. The maximum Gasteiger partial charge on any atom is 0.235 e. The van der Waals surface area contributed by atoms with Crippen molar-refractivity contribution in [3.63, 3.8) is 0 Å². The van der Waals surface area contributed by atoms with Crippen molar-refractivity contribution in [3.05, 3.63) is 126 Å². The first-order chi connectivity index (χ1) is 18.8. The fraction of sp³-hybridized carbons (Fsp3) is 0. The predicted molar refractivity (Wildman–Crippen MR) is 160 cm³/mol. The van der Waals surface area contributed by atoms with Gasteiger partial charge in [-0.1, -0.05) is 103 Å². The number of aromatic nitrogens is 3. The van der Waals surface area contributed by atoms with Gasteiger partial charge in [-0.3, -0.25) is 4.57 Å². The molecule has 0 saturated carbocycles. The average Bonchev–Trinajstić information content (AvgIpc) is 3.59. The second-order valence-corrected chi connectivity index (χ2v) is 10.3. The topological polar surface area (TPSA) is 30.7 Å². The molecule has 8 rings (SSSR count). The van der Waals surface area contributed by atoms with E-state index in [1.165, 1.54) is 32.7 Å². The number of rotatable bonds is 3. The molecule has 178 valence electrons. The number of nitrogens with zero attached hydrogens (tertiary/aromatic N) is 3. The summed E-state index contributed by atoms with van der Waals surface area (Å²) >= 11 is 1.66. The average molecular weight is 504 g/mol. The molecule has 38 heavy (non-hydrogen) atoms. The molecular formula is C34H21N3S. The van der Waals surface area contributed by atoms with Crippen LogP contribution in [-0.4, -0.2) is 14.5 Å². The first-order valence-corrected chi connectivity index (χ1v) is 13.6. The SMILES string of the molecule is c1ccc2c(-c3ccc(-c4nc(-n5c6ccccc6c6ccccc65)nc5cscc45)cc3)cccc2c1. The molecule has 0 aliphatic carbocycles. The summed E-state index contributed by atoms with van der Waals surface area (Å²) in [5, 5.41) is 10.3. The highest BCUT2D eigenvalue weighted by Gasteiger charge is 2.17. The number of para-hydroxylation sites is 2. The summed E-state index contributed by atoms with van der Waals surface area (Å²) in [6.45, 7) is 0. The normalized spacial score (nSPS) is 11.7. The maximum absolute atomic E-state index is 5.20. The van der Waals surface area contributed by atoms with Crippen LogP contribution in [0.1, 0.15) is 0 Å². The van der Waals surface area contributed by atoms with Crippen molar-refractivity contribution >= 4 is 54.8 Å². The van der Waals surface area contributed by atoms with Gasteiger partial charge >= 0.3 is 0 Å². The second-order valence-electron chi connectivity index (χ2n) is 9.52. The zero-order chi connectivity index (χ0) is 25.1. The van der Waals surface area contributed by atoms with Crippen LogP contribution in [0.15, 0.2) is 126 Å². The first-order valence-electron chi connectivity index (χ1n) is 12.7. The summed E-state index contributed by atoms with van der Waals surface area (Å²) in [5.74, 6) is 0.696. The molecule has 4 heteroatoms. The van der Waals surface area contributed by atoms with E-state index in [-0.39, 0.29) is 0 Å². The van der Waals surface area contributed by atoms with Crippen LogP contribution >= 0.6 is 11.3 Å². The summed E-state index contributed by atoms with van der Waals surface area (Å²) in [4.78, 5) is 10.2. The molecule has 3 heterocycles. The van der Waals surface area contributed by atoms with E-state index >= 15 is 0 Å². The third-order valence-electron chi connectivity index (χ3n) is 7.37.